The number of ether oxygens (including phenoxy) is 3. The third kappa shape index (κ3) is 4.62. The maximum Gasteiger partial charge on any atom is 0.318 e. The molecule has 1 atom stereocenters. The van der Waals surface area contributed by atoms with E-state index in [0.29, 0.717) is 28.0 Å². The SMILES string of the molecule is COc1cc(-n2ccnc(Oc3ccc(Cl)cc3)c2=O)ccc1OC[C@H](C)O. The smallest absolute Gasteiger partial charge is 0.318 e. The lowest BCUT2D eigenvalue weighted by Gasteiger charge is -2.14. The highest BCUT2D eigenvalue weighted by Crippen LogP contribution is 2.29. The van der Waals surface area contributed by atoms with E-state index in [4.69, 9.17) is 25.8 Å². The van der Waals surface area contributed by atoms with Gasteiger partial charge in [0.2, 0.25) is 0 Å². The number of aromatic nitrogens is 2. The largest absolute Gasteiger partial charge is 0.493 e. The summed E-state index contributed by atoms with van der Waals surface area (Å²) in [6.45, 7) is 1.75. The van der Waals surface area contributed by atoms with Crippen LogP contribution in [-0.2, 0) is 0 Å². The molecule has 28 heavy (non-hydrogen) atoms. The van der Waals surface area contributed by atoms with E-state index in [1.165, 1.54) is 24.1 Å². The molecule has 0 saturated carbocycles. The number of methoxy groups -OCH3 is 1. The Morgan fingerprint density at radius 2 is 1.93 bits per heavy atom. The fourth-order valence-electron chi connectivity index (χ4n) is 2.42. The van der Waals surface area contributed by atoms with E-state index in [0.717, 1.165) is 0 Å². The van der Waals surface area contributed by atoms with Crippen molar-refractivity contribution in [3.63, 3.8) is 0 Å². The van der Waals surface area contributed by atoms with Crippen molar-refractivity contribution in [1.29, 1.82) is 0 Å². The highest BCUT2D eigenvalue weighted by atomic mass is 35.5. The minimum absolute atomic E-state index is 0.0711. The Bertz CT molecular complexity index is 1000. The van der Waals surface area contributed by atoms with Crippen molar-refractivity contribution >= 4 is 11.6 Å². The van der Waals surface area contributed by atoms with Gasteiger partial charge in [-0.3, -0.25) is 9.36 Å². The molecule has 0 bridgehead atoms. The van der Waals surface area contributed by atoms with Gasteiger partial charge in [0.1, 0.15) is 12.4 Å². The molecule has 1 heterocycles. The van der Waals surface area contributed by atoms with Gasteiger partial charge >= 0.3 is 5.56 Å². The average Bonchev–Trinajstić information content (AvgIpc) is 2.69. The van der Waals surface area contributed by atoms with Crippen molar-refractivity contribution in [3.05, 3.63) is 70.2 Å². The van der Waals surface area contributed by atoms with Crippen molar-refractivity contribution in [2.45, 2.75) is 13.0 Å². The van der Waals surface area contributed by atoms with Crippen LogP contribution in [-0.4, -0.2) is 34.5 Å². The van der Waals surface area contributed by atoms with Crippen LogP contribution >= 0.6 is 11.6 Å². The first-order valence-corrected chi connectivity index (χ1v) is 8.86. The van der Waals surface area contributed by atoms with Crippen LogP contribution < -0.4 is 19.8 Å². The fraction of sp³-hybridized carbons (Fsp3) is 0.200. The summed E-state index contributed by atoms with van der Waals surface area (Å²) in [4.78, 5) is 16.8. The minimum atomic E-state index is -0.611. The molecule has 0 spiro atoms. The fourth-order valence-corrected chi connectivity index (χ4v) is 2.54. The number of aliphatic hydroxyl groups is 1. The van der Waals surface area contributed by atoms with Gasteiger partial charge in [-0.15, -0.1) is 0 Å². The van der Waals surface area contributed by atoms with Gasteiger partial charge in [-0.05, 0) is 43.3 Å². The van der Waals surface area contributed by atoms with E-state index in [9.17, 15) is 9.90 Å². The number of halogens is 1. The molecule has 3 aromatic rings. The Morgan fingerprint density at radius 1 is 1.18 bits per heavy atom. The van der Waals surface area contributed by atoms with E-state index in [1.807, 2.05) is 0 Å². The van der Waals surface area contributed by atoms with Gasteiger partial charge in [0.05, 0.1) is 18.9 Å². The molecule has 0 amide bonds. The van der Waals surface area contributed by atoms with Gasteiger partial charge in [-0.2, -0.15) is 0 Å². The predicted molar refractivity (Wildman–Crippen MR) is 105 cm³/mol. The topological polar surface area (TPSA) is 82.8 Å². The van der Waals surface area contributed by atoms with E-state index >= 15 is 0 Å². The number of benzene rings is 2. The predicted octanol–water partition coefficient (Wildman–Crippen LogP) is 3.45. The molecule has 0 aliphatic heterocycles. The zero-order chi connectivity index (χ0) is 20.1. The first-order valence-electron chi connectivity index (χ1n) is 8.48. The Balaban J connectivity index is 1.91. The average molecular weight is 403 g/mol. The Labute approximate surface area is 166 Å². The van der Waals surface area contributed by atoms with Crippen LogP contribution in [0.15, 0.2) is 59.7 Å². The number of rotatable bonds is 7. The van der Waals surface area contributed by atoms with E-state index in [-0.39, 0.29) is 12.5 Å². The summed E-state index contributed by atoms with van der Waals surface area (Å²) < 4.78 is 17.8. The zero-order valence-corrected chi connectivity index (χ0v) is 16.1. The van der Waals surface area contributed by atoms with Crippen LogP contribution in [0.3, 0.4) is 0 Å². The number of hydrogen-bond acceptors (Lipinski definition) is 6. The molecule has 0 radical (unpaired) electrons. The molecule has 3 rings (SSSR count). The summed E-state index contributed by atoms with van der Waals surface area (Å²) in [6.07, 6.45) is 2.39. The van der Waals surface area contributed by atoms with Crippen molar-refractivity contribution in [2.24, 2.45) is 0 Å². The summed E-state index contributed by atoms with van der Waals surface area (Å²) in [6, 6.07) is 11.7. The number of nitrogens with zero attached hydrogens (tertiary/aromatic N) is 2. The van der Waals surface area contributed by atoms with Gasteiger partial charge in [-0.25, -0.2) is 4.98 Å². The molecule has 2 aromatic carbocycles. The van der Waals surface area contributed by atoms with Crippen LogP contribution in [0, 0.1) is 0 Å². The first kappa shape index (κ1) is 19.7. The lowest BCUT2D eigenvalue weighted by molar-refractivity contribution is 0.120. The molecule has 7 nitrogen and oxygen atoms in total. The second-order valence-corrected chi connectivity index (χ2v) is 6.40. The molecule has 0 aliphatic rings. The van der Waals surface area contributed by atoms with Gasteiger partial charge in [-0.1, -0.05) is 11.6 Å². The molecule has 0 aliphatic carbocycles. The van der Waals surface area contributed by atoms with E-state index in [2.05, 4.69) is 4.98 Å². The van der Waals surface area contributed by atoms with Crippen molar-refractivity contribution in [3.8, 4) is 28.8 Å². The molecule has 8 heteroatoms. The lowest BCUT2D eigenvalue weighted by atomic mass is 10.2. The lowest BCUT2D eigenvalue weighted by Crippen LogP contribution is -2.20. The van der Waals surface area contributed by atoms with Gasteiger partial charge in [0, 0.05) is 23.5 Å². The second kappa shape index (κ2) is 8.77. The van der Waals surface area contributed by atoms with Crippen LogP contribution in [0.5, 0.6) is 23.1 Å². The number of hydrogen-bond donors (Lipinski definition) is 1. The van der Waals surface area contributed by atoms with Gasteiger partial charge in [0.15, 0.2) is 11.5 Å². The molecule has 0 fully saturated rings. The summed E-state index contributed by atoms with van der Waals surface area (Å²) in [5, 5.41) is 9.94. The molecular weight excluding hydrogens is 384 g/mol. The molecule has 1 N–H and O–H groups in total. The Hall–Kier alpha value is -3.03. The Kier molecular flexibility index (Phi) is 6.18. The minimum Gasteiger partial charge on any atom is -0.493 e. The Morgan fingerprint density at radius 3 is 2.61 bits per heavy atom. The van der Waals surface area contributed by atoms with E-state index < -0.39 is 11.7 Å². The quantitative estimate of drug-likeness (QED) is 0.651. The van der Waals surface area contributed by atoms with Crippen LogP contribution in [0.25, 0.3) is 5.69 Å². The summed E-state index contributed by atoms with van der Waals surface area (Å²) in [7, 11) is 1.50. The van der Waals surface area contributed by atoms with Crippen molar-refractivity contribution in [1.82, 2.24) is 9.55 Å². The summed E-state index contributed by atoms with van der Waals surface area (Å²) >= 11 is 5.86. The molecule has 146 valence electrons. The van der Waals surface area contributed by atoms with Crippen LogP contribution in [0.4, 0.5) is 0 Å². The maximum absolute atomic E-state index is 12.8. The first-order chi connectivity index (χ1) is 13.5. The second-order valence-electron chi connectivity index (χ2n) is 5.96. The molecule has 0 unspecified atom stereocenters. The third-order valence-electron chi connectivity index (χ3n) is 3.74. The zero-order valence-electron chi connectivity index (χ0n) is 15.3. The normalized spacial score (nSPS) is 11.7. The summed E-state index contributed by atoms with van der Waals surface area (Å²) in [5.74, 6) is 1.28. The molecular formula is C20H19ClN2O5. The van der Waals surface area contributed by atoms with Gasteiger partial charge < -0.3 is 19.3 Å². The maximum atomic E-state index is 12.8. The number of aliphatic hydroxyl groups excluding tert-OH is 1. The monoisotopic (exact) mass is 402 g/mol. The van der Waals surface area contributed by atoms with Gasteiger partial charge in [0.25, 0.3) is 5.88 Å². The van der Waals surface area contributed by atoms with Crippen molar-refractivity contribution < 1.29 is 19.3 Å². The van der Waals surface area contributed by atoms with Crippen LogP contribution in [0.2, 0.25) is 5.02 Å². The van der Waals surface area contributed by atoms with Crippen LogP contribution in [0.1, 0.15) is 6.92 Å². The standard InChI is InChI=1S/C20H19ClN2O5/c1-13(24)12-27-17-8-5-15(11-18(17)26-2)23-10-9-22-19(20(23)25)28-16-6-3-14(21)4-7-16/h3-11,13,24H,12H2,1-2H3/t13-/m0/s1. The highest BCUT2D eigenvalue weighted by Gasteiger charge is 2.12. The highest BCUT2D eigenvalue weighted by molar-refractivity contribution is 6.30. The van der Waals surface area contributed by atoms with E-state index in [1.54, 1.807) is 49.4 Å². The molecule has 0 saturated heterocycles. The molecule has 1 aromatic heterocycles. The third-order valence-corrected chi connectivity index (χ3v) is 3.99. The summed E-state index contributed by atoms with van der Waals surface area (Å²) in [5.41, 5.74) is 0.117. The van der Waals surface area contributed by atoms with Crippen molar-refractivity contribution in [2.75, 3.05) is 13.7 Å².